The number of rotatable bonds is 9. The van der Waals surface area contributed by atoms with Crippen LogP contribution in [-0.4, -0.2) is 110 Å². The number of methoxy groups -OCH3 is 1. The van der Waals surface area contributed by atoms with Gasteiger partial charge in [0.05, 0.1) is 11.8 Å². The van der Waals surface area contributed by atoms with Crippen molar-refractivity contribution < 1.29 is 37.8 Å². The van der Waals surface area contributed by atoms with E-state index in [9.17, 15) is 24.1 Å². The van der Waals surface area contributed by atoms with Gasteiger partial charge in [-0.1, -0.05) is 30.3 Å². The van der Waals surface area contributed by atoms with E-state index < -0.39 is 31.3 Å². The third-order valence-electron chi connectivity index (χ3n) is 7.14. The Balaban J connectivity index is 1.65. The molecular weight excluding hydrogens is 541 g/mol. The lowest BCUT2D eigenvalue weighted by atomic mass is 10.1. The third kappa shape index (κ3) is 6.44. The summed E-state index contributed by atoms with van der Waals surface area (Å²) in [5.74, 6) is -3.10. The highest BCUT2D eigenvalue weighted by molar-refractivity contribution is 7.55. The number of hydrogen-bond acceptors (Lipinski definition) is 9. The first-order valence-electron chi connectivity index (χ1n) is 12.8. The van der Waals surface area contributed by atoms with E-state index in [2.05, 4.69) is 15.2 Å². The van der Waals surface area contributed by atoms with E-state index in [4.69, 9.17) is 13.8 Å². The number of piperazine rings is 1. The molecule has 216 valence electrons. The number of hydrogen-bond donors (Lipinski definition) is 2. The summed E-state index contributed by atoms with van der Waals surface area (Å²) >= 11 is 0. The van der Waals surface area contributed by atoms with Crippen molar-refractivity contribution in [2.24, 2.45) is 0 Å². The van der Waals surface area contributed by atoms with E-state index in [-0.39, 0.29) is 38.0 Å². The summed E-state index contributed by atoms with van der Waals surface area (Å²) < 4.78 is 29.2. The first-order chi connectivity index (χ1) is 19.2. The largest absolute Gasteiger partial charge is 0.465 e. The number of benzene rings is 1. The fraction of sp³-hybridized carbons (Fsp3) is 0.462. The Bertz CT molecular complexity index is 1260. The molecule has 3 heterocycles. The molecule has 2 N–H and O–H groups in total. The molecule has 0 spiro atoms. The Hall–Kier alpha value is -3.51. The van der Waals surface area contributed by atoms with Gasteiger partial charge in [-0.05, 0) is 18.6 Å². The van der Waals surface area contributed by atoms with Gasteiger partial charge in [0, 0.05) is 71.8 Å². The van der Waals surface area contributed by atoms with Gasteiger partial charge in [-0.3, -0.25) is 14.2 Å². The number of amides is 3. The van der Waals surface area contributed by atoms with Crippen molar-refractivity contribution in [1.29, 1.82) is 0 Å². The Kier molecular flexibility index (Phi) is 9.41. The maximum atomic E-state index is 13.6. The standard InChI is InChI=1S/C26H34N5O8P/c1-37-20-9-10-31(17-20)19-15-21(18-7-5-4-6-8-18)27-22(16-19)23(32)28-24(40(36,38-2)39-3)25(33)29-11-13-30(14-12-29)26(34)35/h4-8,15-16,20,24H,9-14,17H2,1-3H3,(H,28,32)(H,34,35)/t20-,24?/m0/s1. The number of ether oxygens (including phenoxy) is 1. The van der Waals surface area contributed by atoms with Gasteiger partial charge in [-0.2, -0.15) is 0 Å². The van der Waals surface area contributed by atoms with Crippen molar-refractivity contribution >= 4 is 31.2 Å². The SMILES string of the molecule is CO[C@H]1CCN(c2cc(C(=O)NC(C(=O)N3CCN(C(=O)O)CC3)P(=O)(OC)OC)nc(-c3ccccc3)c2)C1. The minimum Gasteiger partial charge on any atom is -0.465 e. The summed E-state index contributed by atoms with van der Waals surface area (Å²) in [6.45, 7) is 1.65. The normalized spacial score (nSPS) is 18.5. The molecule has 1 unspecified atom stereocenters. The van der Waals surface area contributed by atoms with Gasteiger partial charge in [-0.25, -0.2) is 9.78 Å². The first kappa shape index (κ1) is 29.5. The average Bonchev–Trinajstić information content (AvgIpc) is 3.49. The second kappa shape index (κ2) is 12.8. The quantitative estimate of drug-likeness (QED) is 0.427. The fourth-order valence-corrected chi connectivity index (χ4v) is 6.06. The molecular formula is C26H34N5O8P. The van der Waals surface area contributed by atoms with E-state index in [0.29, 0.717) is 12.2 Å². The smallest absolute Gasteiger partial charge is 0.407 e. The van der Waals surface area contributed by atoms with Crippen LogP contribution in [0.15, 0.2) is 42.5 Å². The van der Waals surface area contributed by atoms with E-state index in [1.807, 2.05) is 36.4 Å². The van der Waals surface area contributed by atoms with Crippen LogP contribution in [0.4, 0.5) is 10.5 Å². The molecule has 1 aromatic heterocycles. The molecule has 2 fully saturated rings. The molecule has 0 radical (unpaired) electrons. The number of carbonyl (C=O) groups is 3. The van der Waals surface area contributed by atoms with Crippen LogP contribution in [0.2, 0.25) is 0 Å². The number of nitrogens with one attached hydrogen (secondary N) is 1. The molecule has 2 aliphatic heterocycles. The van der Waals surface area contributed by atoms with Gasteiger partial charge in [0.1, 0.15) is 5.69 Å². The lowest BCUT2D eigenvalue weighted by molar-refractivity contribution is -0.133. The molecule has 2 aromatic rings. The second-order valence-electron chi connectivity index (χ2n) is 9.43. The van der Waals surface area contributed by atoms with Crippen molar-refractivity contribution in [2.75, 3.05) is 65.5 Å². The van der Waals surface area contributed by atoms with Crippen LogP contribution >= 0.6 is 7.60 Å². The Morgan fingerprint density at radius 1 is 1.00 bits per heavy atom. The van der Waals surface area contributed by atoms with Crippen LogP contribution in [-0.2, 0) is 23.1 Å². The van der Waals surface area contributed by atoms with Crippen molar-refractivity contribution in [3.8, 4) is 11.3 Å². The van der Waals surface area contributed by atoms with Crippen LogP contribution in [0, 0.1) is 0 Å². The molecule has 2 atom stereocenters. The van der Waals surface area contributed by atoms with Gasteiger partial charge in [0.25, 0.3) is 11.8 Å². The van der Waals surface area contributed by atoms with Crippen LogP contribution in [0.3, 0.4) is 0 Å². The number of carbonyl (C=O) groups excluding carboxylic acids is 2. The van der Waals surface area contributed by atoms with Crippen molar-refractivity contribution in [2.45, 2.75) is 18.3 Å². The number of pyridine rings is 1. The molecule has 0 bridgehead atoms. The summed E-state index contributed by atoms with van der Waals surface area (Å²) in [5.41, 5.74) is 2.13. The lowest BCUT2D eigenvalue weighted by Crippen LogP contribution is -2.55. The molecule has 1 aromatic carbocycles. The zero-order valence-electron chi connectivity index (χ0n) is 22.7. The number of anilines is 1. The average molecular weight is 576 g/mol. The van der Waals surface area contributed by atoms with E-state index >= 15 is 0 Å². The molecule has 0 aliphatic carbocycles. The minimum absolute atomic E-state index is 0.0180. The summed E-state index contributed by atoms with van der Waals surface area (Å²) in [4.78, 5) is 47.6. The molecule has 2 saturated heterocycles. The van der Waals surface area contributed by atoms with E-state index in [1.165, 1.54) is 9.80 Å². The van der Waals surface area contributed by atoms with Gasteiger partial charge >= 0.3 is 13.7 Å². The van der Waals surface area contributed by atoms with Crippen molar-refractivity contribution in [3.05, 3.63) is 48.2 Å². The highest BCUT2D eigenvalue weighted by Crippen LogP contribution is 2.51. The van der Waals surface area contributed by atoms with Gasteiger partial charge < -0.3 is 38.9 Å². The lowest BCUT2D eigenvalue weighted by Gasteiger charge is -2.36. The monoisotopic (exact) mass is 575 g/mol. The summed E-state index contributed by atoms with van der Waals surface area (Å²) in [5, 5.41) is 11.8. The maximum Gasteiger partial charge on any atom is 0.407 e. The van der Waals surface area contributed by atoms with Crippen LogP contribution in [0.5, 0.6) is 0 Å². The minimum atomic E-state index is -4.15. The topological polar surface area (TPSA) is 151 Å². The van der Waals surface area contributed by atoms with Gasteiger partial charge in [-0.15, -0.1) is 0 Å². The van der Waals surface area contributed by atoms with Crippen molar-refractivity contribution in [1.82, 2.24) is 20.1 Å². The summed E-state index contributed by atoms with van der Waals surface area (Å²) in [6.07, 6.45) is -0.202. The third-order valence-corrected chi connectivity index (χ3v) is 9.14. The molecule has 40 heavy (non-hydrogen) atoms. The van der Waals surface area contributed by atoms with E-state index in [0.717, 1.165) is 38.4 Å². The Morgan fingerprint density at radius 2 is 1.65 bits per heavy atom. The maximum absolute atomic E-state index is 13.6. The summed E-state index contributed by atoms with van der Waals surface area (Å²) in [7, 11) is -0.221. The number of aromatic nitrogens is 1. The van der Waals surface area contributed by atoms with Gasteiger partial charge in [0.2, 0.25) is 5.78 Å². The molecule has 2 aliphatic rings. The summed E-state index contributed by atoms with van der Waals surface area (Å²) in [6, 6.07) is 12.9. The Labute approximate surface area is 232 Å². The number of nitrogens with zero attached hydrogens (tertiary/aromatic N) is 4. The predicted octanol–water partition coefficient (Wildman–Crippen LogP) is 2.34. The molecule has 13 nitrogen and oxygen atoms in total. The molecule has 3 amide bonds. The highest BCUT2D eigenvalue weighted by Gasteiger charge is 2.44. The van der Waals surface area contributed by atoms with Crippen molar-refractivity contribution in [3.63, 3.8) is 0 Å². The molecule has 4 rings (SSSR count). The van der Waals surface area contributed by atoms with Crippen LogP contribution in [0.25, 0.3) is 11.3 Å². The number of carboxylic acid groups (broad SMARTS) is 1. The highest BCUT2D eigenvalue weighted by atomic mass is 31.2. The van der Waals surface area contributed by atoms with Gasteiger partial charge in [0.15, 0.2) is 0 Å². The predicted molar refractivity (Wildman–Crippen MR) is 146 cm³/mol. The van der Waals surface area contributed by atoms with Crippen LogP contribution in [0.1, 0.15) is 16.9 Å². The Morgan fingerprint density at radius 3 is 2.23 bits per heavy atom. The second-order valence-corrected chi connectivity index (χ2v) is 11.8. The molecule has 0 saturated carbocycles. The fourth-order valence-electron chi connectivity index (χ4n) is 4.78. The first-order valence-corrected chi connectivity index (χ1v) is 14.4. The zero-order valence-corrected chi connectivity index (χ0v) is 23.6. The van der Waals surface area contributed by atoms with Crippen LogP contribution < -0.4 is 10.2 Å². The van der Waals surface area contributed by atoms with E-state index in [1.54, 1.807) is 13.2 Å². The zero-order chi connectivity index (χ0) is 28.9. The molecule has 14 heteroatoms.